The number of fused-ring (bicyclic) bond motifs is 5. The average Bonchev–Trinajstić information content (AvgIpc) is 2.74. The summed E-state index contributed by atoms with van der Waals surface area (Å²) in [7, 11) is 0. The second kappa shape index (κ2) is 4.66. The molecule has 4 rings (SSSR count). The van der Waals surface area contributed by atoms with Crippen molar-refractivity contribution in [2.45, 2.75) is 58.2 Å². The van der Waals surface area contributed by atoms with Crippen LogP contribution in [0, 0.1) is 28.6 Å². The van der Waals surface area contributed by atoms with Crippen molar-refractivity contribution in [3.05, 3.63) is 23.8 Å². The molecule has 7 atom stereocenters. The molecule has 0 amide bonds. The van der Waals surface area contributed by atoms with Crippen LogP contribution >= 0.6 is 0 Å². The highest BCUT2D eigenvalue weighted by atomic mass is 19.1. The van der Waals surface area contributed by atoms with Gasteiger partial charge in [-0.05, 0) is 50.7 Å². The van der Waals surface area contributed by atoms with Crippen molar-refractivity contribution < 1.29 is 19.1 Å². The number of ketones is 2. The van der Waals surface area contributed by atoms with E-state index < -0.39 is 22.6 Å². The van der Waals surface area contributed by atoms with E-state index in [0.717, 1.165) is 5.57 Å². The molecule has 3 fully saturated rings. The van der Waals surface area contributed by atoms with E-state index in [4.69, 9.17) is 0 Å². The molecule has 1 N–H and O–H groups in total. The molecule has 4 heteroatoms. The Kier molecular flexibility index (Phi) is 3.14. The minimum absolute atomic E-state index is 0.0298. The van der Waals surface area contributed by atoms with Gasteiger partial charge >= 0.3 is 0 Å². The molecule has 3 nitrogen and oxygen atoms in total. The predicted molar refractivity (Wildman–Crippen MR) is 87.9 cm³/mol. The van der Waals surface area contributed by atoms with E-state index in [0.29, 0.717) is 19.3 Å². The van der Waals surface area contributed by atoms with Crippen molar-refractivity contribution >= 4 is 11.6 Å². The molecule has 4 aliphatic rings. The number of hydrogen-bond donors (Lipinski definition) is 1. The first-order chi connectivity index (χ1) is 11.1. The number of alkyl halides is 1. The third kappa shape index (κ3) is 1.66. The van der Waals surface area contributed by atoms with E-state index in [9.17, 15) is 14.7 Å². The van der Waals surface area contributed by atoms with E-state index in [1.54, 1.807) is 19.1 Å². The van der Waals surface area contributed by atoms with Gasteiger partial charge in [0, 0.05) is 22.7 Å². The van der Waals surface area contributed by atoms with E-state index in [1.807, 2.05) is 13.8 Å². The van der Waals surface area contributed by atoms with Gasteiger partial charge in [-0.1, -0.05) is 25.5 Å². The van der Waals surface area contributed by atoms with Gasteiger partial charge in [0.05, 0.1) is 6.10 Å². The Morgan fingerprint density at radius 1 is 1.25 bits per heavy atom. The fourth-order valence-electron chi connectivity index (χ4n) is 6.33. The summed E-state index contributed by atoms with van der Waals surface area (Å²) in [5.74, 6) is -0.375. The lowest BCUT2D eigenvalue weighted by atomic mass is 9.46. The Hall–Kier alpha value is -1.29. The van der Waals surface area contributed by atoms with Gasteiger partial charge < -0.3 is 5.11 Å². The zero-order valence-electron chi connectivity index (χ0n) is 14.5. The molecule has 2 unspecified atom stereocenters. The third-order valence-electron chi connectivity index (χ3n) is 7.65. The Balaban J connectivity index is 1.84. The van der Waals surface area contributed by atoms with Crippen molar-refractivity contribution in [3.63, 3.8) is 0 Å². The Bertz CT molecular complexity index is 695. The number of rotatable bonds is 0. The fourth-order valence-corrected chi connectivity index (χ4v) is 6.33. The summed E-state index contributed by atoms with van der Waals surface area (Å²) in [4.78, 5) is 24.4. The van der Waals surface area contributed by atoms with Crippen LogP contribution in [0.2, 0.25) is 0 Å². The van der Waals surface area contributed by atoms with Crippen LogP contribution in [0.25, 0.3) is 0 Å². The molecule has 0 aromatic heterocycles. The molecular weight excluding hydrogens is 307 g/mol. The third-order valence-corrected chi connectivity index (χ3v) is 7.65. The quantitative estimate of drug-likeness (QED) is 0.741. The van der Waals surface area contributed by atoms with E-state index >= 15 is 4.39 Å². The monoisotopic (exact) mass is 332 g/mol. The lowest BCUT2D eigenvalue weighted by Crippen LogP contribution is -2.66. The maximum Gasteiger partial charge on any atom is 0.178 e. The van der Waals surface area contributed by atoms with Crippen LogP contribution in [-0.2, 0) is 9.59 Å². The van der Waals surface area contributed by atoms with Crippen molar-refractivity contribution in [3.8, 4) is 0 Å². The van der Waals surface area contributed by atoms with Crippen LogP contribution in [-0.4, -0.2) is 28.4 Å². The van der Waals surface area contributed by atoms with Crippen molar-refractivity contribution in [1.29, 1.82) is 0 Å². The zero-order valence-corrected chi connectivity index (χ0v) is 14.5. The van der Waals surface area contributed by atoms with Gasteiger partial charge in [-0.15, -0.1) is 0 Å². The van der Waals surface area contributed by atoms with Crippen molar-refractivity contribution in [2.24, 2.45) is 28.6 Å². The minimum atomic E-state index is -1.82. The van der Waals surface area contributed by atoms with Gasteiger partial charge in [-0.25, -0.2) is 4.39 Å². The fraction of sp³-hybridized carbons (Fsp3) is 0.700. The zero-order chi connectivity index (χ0) is 17.5. The number of aliphatic hydroxyl groups excluding tert-OH is 1. The van der Waals surface area contributed by atoms with Crippen molar-refractivity contribution in [1.82, 2.24) is 0 Å². The van der Waals surface area contributed by atoms with Gasteiger partial charge in [0.2, 0.25) is 0 Å². The molecule has 0 radical (unpaired) electrons. The maximum absolute atomic E-state index is 16.6. The van der Waals surface area contributed by atoms with Crippen LogP contribution in [0.3, 0.4) is 0 Å². The van der Waals surface area contributed by atoms with E-state index in [2.05, 4.69) is 0 Å². The molecule has 4 aliphatic carbocycles. The molecular formula is C20H25FO3. The van der Waals surface area contributed by atoms with Gasteiger partial charge in [0.15, 0.2) is 11.5 Å². The molecule has 3 saturated carbocycles. The summed E-state index contributed by atoms with van der Waals surface area (Å²) in [6, 6.07) is 0. The average molecular weight is 332 g/mol. The first-order valence-electron chi connectivity index (χ1n) is 9.00. The molecule has 130 valence electrons. The van der Waals surface area contributed by atoms with Crippen LogP contribution in [0.15, 0.2) is 23.8 Å². The van der Waals surface area contributed by atoms with Gasteiger partial charge in [0.25, 0.3) is 0 Å². The summed E-state index contributed by atoms with van der Waals surface area (Å²) in [5.41, 5.74) is -2.61. The Morgan fingerprint density at radius 2 is 1.96 bits per heavy atom. The number of hydrogen-bond acceptors (Lipinski definition) is 3. The normalized spacial score (nSPS) is 53.3. The molecule has 0 spiro atoms. The van der Waals surface area contributed by atoms with E-state index in [1.165, 1.54) is 6.08 Å². The van der Waals surface area contributed by atoms with Crippen LogP contribution in [0.4, 0.5) is 4.39 Å². The number of allylic oxidation sites excluding steroid dienone is 4. The van der Waals surface area contributed by atoms with E-state index in [-0.39, 0.29) is 35.7 Å². The number of carbonyl (C=O) groups excluding carboxylic acids is 2. The standard InChI is InChI=1S/C20H25FO3/c1-11-8-15-14-5-4-12-9-13(22)6-7-19(12,3)20(14,21)16(23)10-18(15,2)17(11)24/h6-7,9,11,14-16,23H,4-5,8,10H2,1-3H3/t11?,14-,15-,16?,18-,19-,20+/m0/s1. The predicted octanol–water partition coefficient (Wildman–Crippen LogP) is 3.17. The number of Topliss-reactive ketones (excluding diaryl/α,β-unsaturated/α-hetero) is 1. The first kappa shape index (κ1) is 16.2. The summed E-state index contributed by atoms with van der Waals surface area (Å²) < 4.78 is 16.6. The highest BCUT2D eigenvalue weighted by Gasteiger charge is 2.71. The van der Waals surface area contributed by atoms with Crippen LogP contribution in [0.1, 0.15) is 46.5 Å². The topological polar surface area (TPSA) is 54.4 Å². The SMILES string of the molecule is CC1C[C@H]2[C@@H]3CCC4=CC(=O)C=C[C@]4(C)[C@]3(F)C(O)C[C@]2(C)C1=O. The summed E-state index contributed by atoms with van der Waals surface area (Å²) in [5, 5.41) is 10.9. The number of aliphatic hydroxyl groups is 1. The minimum Gasteiger partial charge on any atom is -0.390 e. The number of carbonyl (C=O) groups is 2. The smallest absolute Gasteiger partial charge is 0.178 e. The summed E-state index contributed by atoms with van der Waals surface area (Å²) in [6.07, 6.45) is 5.57. The molecule has 24 heavy (non-hydrogen) atoms. The molecule has 0 aromatic rings. The summed E-state index contributed by atoms with van der Waals surface area (Å²) >= 11 is 0. The molecule has 0 aliphatic heterocycles. The van der Waals surface area contributed by atoms with Crippen molar-refractivity contribution in [2.75, 3.05) is 0 Å². The second-order valence-electron chi connectivity index (χ2n) is 8.77. The molecule has 0 aromatic carbocycles. The molecule has 0 saturated heterocycles. The molecule has 0 heterocycles. The number of halogens is 1. The first-order valence-corrected chi connectivity index (χ1v) is 9.00. The Morgan fingerprint density at radius 3 is 2.67 bits per heavy atom. The Labute approximate surface area is 142 Å². The highest BCUT2D eigenvalue weighted by molar-refractivity contribution is 6.01. The lowest BCUT2D eigenvalue weighted by molar-refractivity contribution is -0.190. The second-order valence-corrected chi connectivity index (χ2v) is 8.77. The van der Waals surface area contributed by atoms with Crippen LogP contribution in [0.5, 0.6) is 0 Å². The van der Waals surface area contributed by atoms with Crippen LogP contribution < -0.4 is 0 Å². The maximum atomic E-state index is 16.6. The van der Waals surface area contributed by atoms with Gasteiger partial charge in [-0.2, -0.15) is 0 Å². The molecule has 0 bridgehead atoms. The highest BCUT2D eigenvalue weighted by Crippen LogP contribution is 2.67. The lowest BCUT2D eigenvalue weighted by Gasteiger charge is -2.60. The van der Waals surface area contributed by atoms with Gasteiger partial charge in [0.1, 0.15) is 5.78 Å². The summed E-state index contributed by atoms with van der Waals surface area (Å²) in [6.45, 7) is 5.65. The largest absolute Gasteiger partial charge is 0.390 e. The van der Waals surface area contributed by atoms with Gasteiger partial charge in [-0.3, -0.25) is 9.59 Å².